The Labute approximate surface area is 191 Å². The summed E-state index contributed by atoms with van der Waals surface area (Å²) in [6.07, 6.45) is 5.95. The number of anilines is 1. The van der Waals surface area contributed by atoms with Gasteiger partial charge in [0.2, 0.25) is 0 Å². The predicted molar refractivity (Wildman–Crippen MR) is 122 cm³/mol. The molecule has 6 heteroatoms. The van der Waals surface area contributed by atoms with Gasteiger partial charge in [0.1, 0.15) is 11.9 Å². The van der Waals surface area contributed by atoms with E-state index in [1.807, 2.05) is 12.1 Å². The Balaban J connectivity index is 1.10. The minimum atomic E-state index is 0.0230. The quantitative estimate of drug-likeness (QED) is 0.529. The molecule has 0 aromatic heterocycles. The zero-order valence-corrected chi connectivity index (χ0v) is 19.4. The molecule has 5 aliphatic rings. The van der Waals surface area contributed by atoms with Gasteiger partial charge in [0.15, 0.2) is 0 Å². The zero-order chi connectivity index (χ0) is 21.9. The second-order valence-corrected chi connectivity index (χ2v) is 11.1. The lowest BCUT2D eigenvalue weighted by molar-refractivity contribution is -0.147. The maximum absolute atomic E-state index is 12.9. The van der Waals surface area contributed by atoms with Crippen LogP contribution >= 0.6 is 0 Å². The molecule has 0 N–H and O–H groups in total. The lowest BCUT2D eigenvalue weighted by Gasteiger charge is -2.51. The average molecular weight is 441 g/mol. The smallest absolute Gasteiger partial charge is 0.310 e. The second-order valence-electron chi connectivity index (χ2n) is 11.1. The van der Waals surface area contributed by atoms with Crippen molar-refractivity contribution in [3.63, 3.8) is 0 Å². The van der Waals surface area contributed by atoms with Crippen molar-refractivity contribution in [3.05, 3.63) is 24.3 Å². The largest absolute Gasteiger partial charge is 0.497 e. The number of methoxy groups -OCH3 is 1. The number of nitrogens with zero attached hydrogens (tertiary/aromatic N) is 2. The summed E-state index contributed by atoms with van der Waals surface area (Å²) in [6, 6.07) is 8.31. The van der Waals surface area contributed by atoms with Crippen LogP contribution in [0.25, 0.3) is 0 Å². The van der Waals surface area contributed by atoms with E-state index in [-0.39, 0.29) is 29.0 Å². The van der Waals surface area contributed by atoms with Gasteiger partial charge < -0.3 is 19.1 Å². The van der Waals surface area contributed by atoms with Crippen molar-refractivity contribution in [1.29, 1.82) is 0 Å². The molecular weight excluding hydrogens is 404 g/mol. The Hall–Kier alpha value is -1.79. The van der Waals surface area contributed by atoms with E-state index >= 15 is 0 Å². The molecule has 2 aliphatic carbocycles. The number of rotatable bonds is 4. The number of carbonyl (C=O) groups is 1. The van der Waals surface area contributed by atoms with E-state index < -0.39 is 0 Å². The molecule has 6 nitrogen and oxygen atoms in total. The van der Waals surface area contributed by atoms with Crippen LogP contribution < -0.4 is 9.64 Å². The molecule has 1 aromatic carbocycles. The maximum Gasteiger partial charge on any atom is 0.310 e. The molecule has 3 saturated heterocycles. The highest BCUT2D eigenvalue weighted by atomic mass is 16.6. The summed E-state index contributed by atoms with van der Waals surface area (Å²) >= 11 is 0. The Morgan fingerprint density at radius 3 is 2.56 bits per heavy atom. The molecule has 0 bridgehead atoms. The summed E-state index contributed by atoms with van der Waals surface area (Å²) in [4.78, 5) is 17.8. The molecule has 5 fully saturated rings. The van der Waals surface area contributed by atoms with Crippen LogP contribution in [-0.2, 0) is 14.3 Å². The Morgan fingerprint density at radius 2 is 1.88 bits per heavy atom. The Morgan fingerprint density at radius 1 is 1.12 bits per heavy atom. The highest BCUT2D eigenvalue weighted by molar-refractivity contribution is 5.75. The molecule has 0 unspecified atom stereocenters. The molecule has 0 radical (unpaired) electrons. The van der Waals surface area contributed by atoms with Gasteiger partial charge in [-0.25, -0.2) is 0 Å². The number of hydrogen-bond donors (Lipinski definition) is 0. The van der Waals surface area contributed by atoms with Gasteiger partial charge in [0.25, 0.3) is 0 Å². The van der Waals surface area contributed by atoms with Crippen LogP contribution in [0, 0.1) is 23.2 Å². The van der Waals surface area contributed by atoms with Gasteiger partial charge in [-0.05, 0) is 67.7 Å². The van der Waals surface area contributed by atoms with E-state index in [0.29, 0.717) is 11.8 Å². The summed E-state index contributed by atoms with van der Waals surface area (Å²) < 4.78 is 17.3. The topological polar surface area (TPSA) is 54.5 Å². The Bertz CT molecular complexity index is 861. The normalized spacial score (nSPS) is 41.2. The zero-order valence-electron chi connectivity index (χ0n) is 19.4. The maximum atomic E-state index is 12.9. The molecule has 6 atom stereocenters. The fourth-order valence-electron chi connectivity index (χ4n) is 7.43. The molecule has 3 heterocycles. The van der Waals surface area contributed by atoms with E-state index in [9.17, 15) is 4.79 Å². The summed E-state index contributed by atoms with van der Waals surface area (Å²) in [5, 5.41) is 0. The number of epoxide rings is 1. The van der Waals surface area contributed by atoms with Crippen LogP contribution in [0.5, 0.6) is 5.75 Å². The van der Waals surface area contributed by atoms with Crippen LogP contribution in [0.1, 0.15) is 39.0 Å². The van der Waals surface area contributed by atoms with E-state index in [1.54, 1.807) is 7.11 Å². The van der Waals surface area contributed by atoms with Gasteiger partial charge in [-0.15, -0.1) is 0 Å². The molecule has 3 aliphatic heterocycles. The van der Waals surface area contributed by atoms with Crippen LogP contribution in [0.2, 0.25) is 0 Å². The lowest BCUT2D eigenvalue weighted by Crippen LogP contribution is -2.52. The third-order valence-electron chi connectivity index (χ3n) is 9.34. The highest BCUT2D eigenvalue weighted by Gasteiger charge is 2.65. The van der Waals surface area contributed by atoms with Crippen LogP contribution in [0.3, 0.4) is 0 Å². The van der Waals surface area contributed by atoms with Crippen molar-refractivity contribution in [2.24, 2.45) is 23.2 Å². The van der Waals surface area contributed by atoms with Crippen molar-refractivity contribution in [2.45, 2.75) is 50.7 Å². The van der Waals surface area contributed by atoms with Crippen LogP contribution in [0.15, 0.2) is 24.3 Å². The third kappa shape index (κ3) is 3.41. The van der Waals surface area contributed by atoms with Crippen LogP contribution in [-0.4, -0.2) is 69.0 Å². The SMILES string of the molecule is COc1ccc(N2CCN(C[C@@H]3C(=O)O[C@@H]4C[C@@]5(C)CCC[C@]6(CO6)[C@@H]5C[C@@H]34)CC2)cc1. The molecule has 1 aromatic rings. The molecule has 6 rings (SSSR count). The van der Waals surface area contributed by atoms with Crippen molar-refractivity contribution in [3.8, 4) is 5.75 Å². The first-order valence-electron chi connectivity index (χ1n) is 12.5. The van der Waals surface area contributed by atoms with Crippen molar-refractivity contribution in [1.82, 2.24) is 4.90 Å². The van der Waals surface area contributed by atoms with Crippen LogP contribution in [0.4, 0.5) is 5.69 Å². The van der Waals surface area contributed by atoms with Gasteiger partial charge >= 0.3 is 5.97 Å². The number of esters is 1. The molecule has 0 amide bonds. The van der Waals surface area contributed by atoms with Gasteiger partial charge in [0.05, 0.1) is 25.2 Å². The minimum absolute atomic E-state index is 0.0230. The van der Waals surface area contributed by atoms with E-state index in [0.717, 1.165) is 57.9 Å². The summed E-state index contributed by atoms with van der Waals surface area (Å²) in [6.45, 7) is 8.14. The Kier molecular flexibility index (Phi) is 4.95. The van der Waals surface area contributed by atoms with Gasteiger partial charge in [0, 0.05) is 44.3 Å². The average Bonchev–Trinajstić information content (AvgIpc) is 3.51. The van der Waals surface area contributed by atoms with Gasteiger partial charge in [-0.1, -0.05) is 6.92 Å². The lowest BCUT2D eigenvalue weighted by atomic mass is 9.53. The van der Waals surface area contributed by atoms with E-state index in [4.69, 9.17) is 14.2 Å². The number of benzene rings is 1. The third-order valence-corrected chi connectivity index (χ3v) is 9.34. The molecule has 2 saturated carbocycles. The number of piperazine rings is 1. The van der Waals surface area contributed by atoms with Crippen molar-refractivity contribution < 1.29 is 19.0 Å². The first-order valence-corrected chi connectivity index (χ1v) is 12.5. The van der Waals surface area contributed by atoms with Crippen molar-refractivity contribution >= 4 is 11.7 Å². The summed E-state index contributed by atoms with van der Waals surface area (Å²) in [5.41, 5.74) is 1.64. The standard InChI is InChI=1S/C26H36N2O4/c1-25-8-3-9-26(17-31-26)23(25)14-20-21(24(29)32-22(20)15-25)16-27-10-12-28(13-11-27)18-4-6-19(30-2)7-5-18/h4-7,20-23H,3,8-17H2,1-2H3/t20-,21-,22+,23+,25+,26-/m0/s1. The number of ether oxygens (including phenoxy) is 3. The first-order chi connectivity index (χ1) is 15.5. The predicted octanol–water partition coefficient (Wildman–Crippen LogP) is 3.34. The van der Waals surface area contributed by atoms with E-state index in [2.05, 4.69) is 28.9 Å². The summed E-state index contributed by atoms with van der Waals surface area (Å²) in [7, 11) is 1.70. The van der Waals surface area contributed by atoms with Gasteiger partial charge in [-0.2, -0.15) is 0 Å². The minimum Gasteiger partial charge on any atom is -0.497 e. The second kappa shape index (κ2) is 7.63. The molecule has 32 heavy (non-hydrogen) atoms. The highest BCUT2D eigenvalue weighted by Crippen LogP contribution is 2.62. The fraction of sp³-hybridized carbons (Fsp3) is 0.731. The number of fused-ring (bicyclic) bond motifs is 3. The van der Waals surface area contributed by atoms with E-state index in [1.165, 1.54) is 24.9 Å². The fourth-order valence-corrected chi connectivity index (χ4v) is 7.43. The number of carbonyl (C=O) groups excluding carboxylic acids is 1. The summed E-state index contributed by atoms with van der Waals surface area (Å²) in [5.74, 6) is 1.91. The van der Waals surface area contributed by atoms with Gasteiger partial charge in [-0.3, -0.25) is 9.69 Å². The number of hydrogen-bond acceptors (Lipinski definition) is 6. The molecular formula is C26H36N2O4. The molecule has 1 spiro atoms. The monoisotopic (exact) mass is 440 g/mol. The van der Waals surface area contributed by atoms with Crippen molar-refractivity contribution in [2.75, 3.05) is 51.3 Å². The molecule has 174 valence electrons. The first kappa shape index (κ1) is 20.8.